The number of cyclic esters (lactones) is 1. The molecule has 1 heterocycles. The maximum absolute atomic E-state index is 11.7. The predicted octanol–water partition coefficient (Wildman–Crippen LogP) is 1.66. The molecule has 1 aliphatic heterocycles. The van der Waals surface area contributed by atoms with Crippen molar-refractivity contribution in [3.63, 3.8) is 0 Å². The largest absolute Gasteiger partial charge is 0.501 e. The van der Waals surface area contributed by atoms with Gasteiger partial charge < -0.3 is 14.6 Å². The van der Waals surface area contributed by atoms with E-state index in [9.17, 15) is 14.7 Å². The van der Waals surface area contributed by atoms with Gasteiger partial charge in [0.05, 0.1) is 6.61 Å². The van der Waals surface area contributed by atoms with E-state index < -0.39 is 23.8 Å². The minimum absolute atomic E-state index is 0.145. The molecular weight excluding hydrogens is 236 g/mol. The molecule has 94 valence electrons. The summed E-state index contributed by atoms with van der Waals surface area (Å²) in [5.74, 6) is -2.33. The molecule has 0 bridgehead atoms. The highest BCUT2D eigenvalue weighted by molar-refractivity contribution is 6.02. The van der Waals surface area contributed by atoms with E-state index in [0.29, 0.717) is 5.56 Å². The van der Waals surface area contributed by atoms with Crippen molar-refractivity contribution in [1.82, 2.24) is 0 Å². The average molecular weight is 248 g/mol. The maximum Gasteiger partial charge on any atom is 0.375 e. The first kappa shape index (κ1) is 12.2. The lowest BCUT2D eigenvalue weighted by molar-refractivity contribution is -0.143. The summed E-state index contributed by atoms with van der Waals surface area (Å²) in [5, 5.41) is 9.59. The third-order valence-corrected chi connectivity index (χ3v) is 2.53. The molecule has 0 radical (unpaired) electrons. The molecule has 0 aliphatic carbocycles. The molecule has 0 fully saturated rings. The molecule has 0 saturated heterocycles. The fourth-order valence-corrected chi connectivity index (χ4v) is 1.73. The lowest BCUT2D eigenvalue weighted by Crippen LogP contribution is -2.13. The van der Waals surface area contributed by atoms with Gasteiger partial charge in [0.15, 0.2) is 6.10 Å². The molecule has 1 atom stereocenters. The second-order valence-corrected chi connectivity index (χ2v) is 3.68. The zero-order valence-electron chi connectivity index (χ0n) is 9.75. The van der Waals surface area contributed by atoms with Crippen LogP contribution in [0.15, 0.2) is 41.7 Å². The Kier molecular flexibility index (Phi) is 3.32. The van der Waals surface area contributed by atoms with Crippen molar-refractivity contribution in [3.05, 3.63) is 47.2 Å². The Labute approximate surface area is 104 Å². The summed E-state index contributed by atoms with van der Waals surface area (Å²) >= 11 is 0. The summed E-state index contributed by atoms with van der Waals surface area (Å²) in [6.45, 7) is 1.80. The second-order valence-electron chi connectivity index (χ2n) is 3.68. The lowest BCUT2D eigenvalue weighted by Gasteiger charge is -2.12. The molecule has 1 aromatic carbocycles. The fraction of sp³-hybridized carbons (Fsp3) is 0.231. The van der Waals surface area contributed by atoms with Crippen LogP contribution in [0, 0.1) is 0 Å². The van der Waals surface area contributed by atoms with E-state index in [1.807, 2.05) is 0 Å². The van der Waals surface area contributed by atoms with Crippen LogP contribution in [-0.4, -0.2) is 23.7 Å². The van der Waals surface area contributed by atoms with Gasteiger partial charge in [-0.3, -0.25) is 0 Å². The van der Waals surface area contributed by atoms with E-state index in [2.05, 4.69) is 0 Å². The second kappa shape index (κ2) is 4.91. The quantitative estimate of drug-likeness (QED) is 0.823. The topological polar surface area (TPSA) is 72.8 Å². The van der Waals surface area contributed by atoms with Crippen molar-refractivity contribution in [3.8, 4) is 0 Å². The Hall–Kier alpha value is -2.30. The molecule has 5 heteroatoms. The van der Waals surface area contributed by atoms with Crippen LogP contribution in [0.3, 0.4) is 0 Å². The maximum atomic E-state index is 11.7. The molecule has 18 heavy (non-hydrogen) atoms. The summed E-state index contributed by atoms with van der Waals surface area (Å²) in [7, 11) is 0. The van der Waals surface area contributed by atoms with Gasteiger partial charge in [-0.15, -0.1) is 0 Å². The van der Waals surface area contributed by atoms with E-state index in [1.165, 1.54) is 0 Å². The van der Waals surface area contributed by atoms with Crippen molar-refractivity contribution in [2.24, 2.45) is 0 Å². The number of esters is 2. The van der Waals surface area contributed by atoms with Crippen molar-refractivity contribution in [1.29, 1.82) is 0 Å². The average Bonchev–Trinajstić information content (AvgIpc) is 2.67. The van der Waals surface area contributed by atoms with Crippen LogP contribution in [0.1, 0.15) is 18.6 Å². The van der Waals surface area contributed by atoms with Crippen LogP contribution >= 0.6 is 0 Å². The van der Waals surface area contributed by atoms with Gasteiger partial charge >= 0.3 is 11.9 Å². The van der Waals surface area contributed by atoms with Crippen molar-refractivity contribution in [2.45, 2.75) is 13.0 Å². The van der Waals surface area contributed by atoms with Gasteiger partial charge in [-0.25, -0.2) is 9.59 Å². The fourth-order valence-electron chi connectivity index (χ4n) is 1.73. The third kappa shape index (κ3) is 2.07. The van der Waals surface area contributed by atoms with Crippen molar-refractivity contribution < 1.29 is 24.2 Å². The molecule has 0 amide bonds. The first-order valence-corrected chi connectivity index (χ1v) is 5.51. The van der Waals surface area contributed by atoms with Gasteiger partial charge in [0.2, 0.25) is 5.76 Å². The van der Waals surface area contributed by atoms with Crippen LogP contribution < -0.4 is 0 Å². The molecule has 1 N–H and O–H groups in total. The molecule has 0 saturated carbocycles. The van der Waals surface area contributed by atoms with Gasteiger partial charge in [0.1, 0.15) is 5.57 Å². The van der Waals surface area contributed by atoms with Crippen LogP contribution in [-0.2, 0) is 19.1 Å². The predicted molar refractivity (Wildman–Crippen MR) is 61.6 cm³/mol. The SMILES string of the molecule is CCOC(=O)C1=C(O)C(=O)O[C@@H]1c1ccccc1. The molecule has 0 spiro atoms. The van der Waals surface area contributed by atoms with E-state index in [4.69, 9.17) is 9.47 Å². The minimum atomic E-state index is -0.910. The minimum Gasteiger partial charge on any atom is -0.501 e. The Morgan fingerprint density at radius 3 is 2.67 bits per heavy atom. The Bertz CT molecular complexity index is 503. The lowest BCUT2D eigenvalue weighted by atomic mass is 10.0. The van der Waals surface area contributed by atoms with Gasteiger partial charge in [-0.05, 0) is 12.5 Å². The number of rotatable bonds is 3. The molecule has 2 rings (SSSR count). The first-order chi connectivity index (χ1) is 8.65. The number of aliphatic hydroxyl groups is 1. The monoisotopic (exact) mass is 248 g/mol. The van der Waals surface area contributed by atoms with Crippen LogP contribution in [0.2, 0.25) is 0 Å². The smallest absolute Gasteiger partial charge is 0.375 e. The van der Waals surface area contributed by atoms with E-state index in [0.717, 1.165) is 0 Å². The van der Waals surface area contributed by atoms with Crippen LogP contribution in [0.4, 0.5) is 0 Å². The summed E-state index contributed by atoms with van der Waals surface area (Å²) in [6, 6.07) is 8.71. The number of hydrogen-bond donors (Lipinski definition) is 1. The molecule has 0 unspecified atom stereocenters. The first-order valence-electron chi connectivity index (χ1n) is 5.51. The van der Waals surface area contributed by atoms with E-state index >= 15 is 0 Å². The Morgan fingerprint density at radius 2 is 2.06 bits per heavy atom. The highest BCUT2D eigenvalue weighted by Crippen LogP contribution is 2.34. The van der Waals surface area contributed by atoms with Crippen molar-refractivity contribution >= 4 is 11.9 Å². The number of carbonyl (C=O) groups is 2. The standard InChI is InChI=1S/C13H12O5/c1-2-17-12(15)9-10(14)13(16)18-11(9)8-6-4-3-5-7-8/h3-7,11,14H,2H2,1H3/t11-/m1/s1. The van der Waals surface area contributed by atoms with E-state index in [-0.39, 0.29) is 12.2 Å². The van der Waals surface area contributed by atoms with Gasteiger partial charge in [-0.2, -0.15) is 0 Å². The molecule has 1 aliphatic rings. The molecule has 0 aromatic heterocycles. The number of aliphatic hydroxyl groups excluding tert-OH is 1. The van der Waals surface area contributed by atoms with Gasteiger partial charge in [0.25, 0.3) is 0 Å². The molecule has 1 aromatic rings. The Balaban J connectivity index is 2.38. The zero-order valence-corrected chi connectivity index (χ0v) is 9.75. The summed E-state index contributed by atoms with van der Waals surface area (Å²) in [6.07, 6.45) is -0.905. The van der Waals surface area contributed by atoms with E-state index in [1.54, 1.807) is 37.3 Å². The highest BCUT2D eigenvalue weighted by Gasteiger charge is 2.40. The van der Waals surface area contributed by atoms with Crippen molar-refractivity contribution in [2.75, 3.05) is 6.61 Å². The summed E-state index contributed by atoms with van der Waals surface area (Å²) in [5.41, 5.74) is 0.464. The normalized spacial score (nSPS) is 18.7. The number of benzene rings is 1. The zero-order chi connectivity index (χ0) is 13.1. The van der Waals surface area contributed by atoms with Crippen LogP contribution in [0.5, 0.6) is 0 Å². The molecular formula is C13H12O5. The summed E-state index contributed by atoms with van der Waals surface area (Å²) in [4.78, 5) is 23.1. The Morgan fingerprint density at radius 1 is 1.39 bits per heavy atom. The van der Waals surface area contributed by atoms with Crippen LogP contribution in [0.25, 0.3) is 0 Å². The number of ether oxygens (including phenoxy) is 2. The highest BCUT2D eigenvalue weighted by atomic mass is 16.6. The summed E-state index contributed by atoms with van der Waals surface area (Å²) < 4.78 is 9.78. The molecule has 5 nitrogen and oxygen atoms in total. The number of carbonyl (C=O) groups excluding carboxylic acids is 2. The number of hydrogen-bond acceptors (Lipinski definition) is 5. The third-order valence-electron chi connectivity index (χ3n) is 2.53. The van der Waals surface area contributed by atoms with Gasteiger partial charge in [-0.1, -0.05) is 30.3 Å². The van der Waals surface area contributed by atoms with Gasteiger partial charge in [0, 0.05) is 0 Å².